The molecule has 162 valence electrons. The highest BCUT2D eigenvalue weighted by molar-refractivity contribution is 9.10. The molecule has 0 radical (unpaired) electrons. The third-order valence-corrected chi connectivity index (χ3v) is 5.64. The molecule has 1 aromatic heterocycles. The second kappa shape index (κ2) is 10.5. The van der Waals surface area contributed by atoms with Crippen LogP contribution in [0.3, 0.4) is 0 Å². The average molecular weight is 506 g/mol. The monoisotopic (exact) mass is 505 g/mol. The zero-order valence-corrected chi connectivity index (χ0v) is 19.3. The number of amides is 2. The molecular formula is C21H21BrFN5O2S. The summed E-state index contributed by atoms with van der Waals surface area (Å²) in [7, 11) is 0. The molecule has 0 saturated heterocycles. The van der Waals surface area contributed by atoms with E-state index >= 15 is 0 Å². The first-order valence-electron chi connectivity index (χ1n) is 9.49. The van der Waals surface area contributed by atoms with Gasteiger partial charge in [-0.2, -0.15) is 0 Å². The Morgan fingerprint density at radius 3 is 2.61 bits per heavy atom. The fourth-order valence-electron chi connectivity index (χ4n) is 2.73. The first kappa shape index (κ1) is 23.0. The van der Waals surface area contributed by atoms with Crippen LogP contribution in [0.4, 0.5) is 10.1 Å². The molecule has 2 amide bonds. The number of hydrogen-bond donors (Lipinski definition) is 3. The number of carbonyl (C=O) groups excluding carboxylic acids is 2. The second-order valence-corrected chi connectivity index (χ2v) is 8.88. The van der Waals surface area contributed by atoms with Gasteiger partial charge in [-0.1, -0.05) is 59.7 Å². The molecule has 0 aliphatic rings. The maximum absolute atomic E-state index is 13.9. The van der Waals surface area contributed by atoms with Gasteiger partial charge in [0, 0.05) is 10.0 Å². The summed E-state index contributed by atoms with van der Waals surface area (Å²) in [5.74, 6) is -0.545. The minimum atomic E-state index is -0.526. The molecule has 31 heavy (non-hydrogen) atoms. The Labute approximate surface area is 191 Å². The molecule has 3 rings (SSSR count). The largest absolute Gasteiger partial charge is 0.342 e. The van der Waals surface area contributed by atoms with Crippen LogP contribution in [0.2, 0.25) is 0 Å². The molecular weight excluding hydrogens is 485 g/mol. The van der Waals surface area contributed by atoms with Crippen LogP contribution < -0.4 is 10.6 Å². The van der Waals surface area contributed by atoms with Gasteiger partial charge in [0.1, 0.15) is 11.6 Å². The van der Waals surface area contributed by atoms with E-state index in [9.17, 15) is 14.0 Å². The topological polar surface area (TPSA) is 99.8 Å². The number of halogens is 2. The lowest BCUT2D eigenvalue weighted by atomic mass is 10.0. The van der Waals surface area contributed by atoms with Crippen LogP contribution in [0.1, 0.15) is 36.1 Å². The van der Waals surface area contributed by atoms with E-state index < -0.39 is 5.82 Å². The quantitative estimate of drug-likeness (QED) is 0.389. The van der Waals surface area contributed by atoms with Crippen molar-refractivity contribution in [2.24, 2.45) is 5.92 Å². The van der Waals surface area contributed by atoms with Crippen molar-refractivity contribution < 1.29 is 14.0 Å². The zero-order chi connectivity index (χ0) is 22.4. The van der Waals surface area contributed by atoms with Crippen LogP contribution in [0.15, 0.2) is 58.2 Å². The summed E-state index contributed by atoms with van der Waals surface area (Å²) in [6.45, 7) is 3.93. The van der Waals surface area contributed by atoms with Crippen LogP contribution in [-0.4, -0.2) is 32.7 Å². The van der Waals surface area contributed by atoms with Gasteiger partial charge in [0.25, 0.3) is 5.91 Å². The summed E-state index contributed by atoms with van der Waals surface area (Å²) >= 11 is 4.28. The number of thioether (sulfide) groups is 1. The van der Waals surface area contributed by atoms with Crippen molar-refractivity contribution in [1.29, 1.82) is 0 Å². The van der Waals surface area contributed by atoms with E-state index in [1.807, 2.05) is 19.9 Å². The molecule has 0 bridgehead atoms. The molecule has 0 fully saturated rings. The number of anilines is 1. The van der Waals surface area contributed by atoms with Gasteiger partial charge in [-0.3, -0.25) is 14.7 Å². The summed E-state index contributed by atoms with van der Waals surface area (Å²) in [5, 5.41) is 12.8. The van der Waals surface area contributed by atoms with Gasteiger partial charge in [-0.25, -0.2) is 9.37 Å². The van der Waals surface area contributed by atoms with Gasteiger partial charge in [0.2, 0.25) is 11.1 Å². The van der Waals surface area contributed by atoms with E-state index in [0.29, 0.717) is 21.0 Å². The van der Waals surface area contributed by atoms with Crippen molar-refractivity contribution in [3.05, 3.63) is 70.2 Å². The first-order valence-corrected chi connectivity index (χ1v) is 11.3. The average Bonchev–Trinajstić information content (AvgIpc) is 3.21. The Hall–Kier alpha value is -2.72. The van der Waals surface area contributed by atoms with Crippen LogP contribution in [0.5, 0.6) is 0 Å². The minimum Gasteiger partial charge on any atom is -0.342 e. The van der Waals surface area contributed by atoms with Crippen molar-refractivity contribution >= 4 is 45.2 Å². The molecule has 0 spiro atoms. The lowest BCUT2D eigenvalue weighted by molar-refractivity contribution is -0.113. The Balaban J connectivity index is 1.59. The summed E-state index contributed by atoms with van der Waals surface area (Å²) in [4.78, 5) is 29.1. The zero-order valence-electron chi connectivity index (χ0n) is 16.9. The van der Waals surface area contributed by atoms with Crippen molar-refractivity contribution in [3.8, 4) is 0 Å². The standard InChI is InChI=1S/C21H21BrFN5O2S/c1-12(2)18(25-20(30)13-6-4-3-5-7-13)19-26-21(28-27-19)31-11-17(29)24-16-9-8-14(22)10-15(16)23/h3-10,12,18H,11H2,1-2H3,(H,24,29)(H,25,30)(H,26,27,28). The van der Waals surface area contributed by atoms with E-state index in [1.54, 1.807) is 30.3 Å². The maximum Gasteiger partial charge on any atom is 0.251 e. The molecule has 0 saturated carbocycles. The van der Waals surface area contributed by atoms with E-state index in [1.165, 1.54) is 12.1 Å². The normalized spacial score (nSPS) is 11.9. The number of aromatic amines is 1. The number of hydrogen-bond acceptors (Lipinski definition) is 5. The highest BCUT2D eigenvalue weighted by Gasteiger charge is 2.23. The molecule has 0 aliphatic carbocycles. The van der Waals surface area contributed by atoms with Gasteiger partial charge in [0.15, 0.2) is 0 Å². The first-order chi connectivity index (χ1) is 14.8. The lowest BCUT2D eigenvalue weighted by Crippen LogP contribution is -2.32. The van der Waals surface area contributed by atoms with Crippen LogP contribution in [0, 0.1) is 11.7 Å². The number of nitrogens with zero attached hydrogens (tertiary/aromatic N) is 2. The van der Waals surface area contributed by atoms with Gasteiger partial charge >= 0.3 is 0 Å². The third kappa shape index (κ3) is 6.38. The maximum atomic E-state index is 13.9. The van der Waals surface area contributed by atoms with Gasteiger partial charge in [-0.05, 0) is 36.2 Å². The van der Waals surface area contributed by atoms with Crippen molar-refractivity contribution in [1.82, 2.24) is 20.5 Å². The van der Waals surface area contributed by atoms with Crippen LogP contribution in [0.25, 0.3) is 0 Å². The number of nitrogens with one attached hydrogen (secondary N) is 3. The molecule has 1 heterocycles. The van der Waals surface area contributed by atoms with Gasteiger partial charge in [-0.15, -0.1) is 5.10 Å². The fraction of sp³-hybridized carbons (Fsp3) is 0.238. The Morgan fingerprint density at radius 2 is 1.94 bits per heavy atom. The smallest absolute Gasteiger partial charge is 0.251 e. The number of aromatic nitrogens is 3. The molecule has 2 aromatic carbocycles. The summed E-state index contributed by atoms with van der Waals surface area (Å²) in [6, 6.07) is 12.9. The summed E-state index contributed by atoms with van der Waals surface area (Å²) in [5.41, 5.74) is 0.659. The van der Waals surface area contributed by atoms with Crippen molar-refractivity contribution in [2.45, 2.75) is 25.0 Å². The molecule has 7 nitrogen and oxygen atoms in total. The molecule has 1 atom stereocenters. The molecule has 0 aliphatic heterocycles. The predicted molar refractivity (Wildman–Crippen MR) is 121 cm³/mol. The summed E-state index contributed by atoms with van der Waals surface area (Å²) < 4.78 is 14.4. The number of carbonyl (C=O) groups is 2. The Morgan fingerprint density at radius 1 is 1.19 bits per heavy atom. The van der Waals surface area contributed by atoms with Crippen LogP contribution in [-0.2, 0) is 4.79 Å². The molecule has 3 N–H and O–H groups in total. The molecule has 1 unspecified atom stereocenters. The van der Waals surface area contributed by atoms with E-state index in [0.717, 1.165) is 11.8 Å². The SMILES string of the molecule is CC(C)C(NC(=O)c1ccccc1)c1nc(SCC(=O)Nc2ccc(Br)cc2F)n[nH]1. The van der Waals surface area contributed by atoms with Gasteiger partial charge in [0.05, 0.1) is 17.5 Å². The minimum absolute atomic E-state index is 0.00944. The van der Waals surface area contributed by atoms with E-state index in [2.05, 4.69) is 41.7 Å². The van der Waals surface area contributed by atoms with Crippen molar-refractivity contribution in [3.63, 3.8) is 0 Å². The molecule has 10 heteroatoms. The second-order valence-electron chi connectivity index (χ2n) is 7.03. The number of benzene rings is 2. The fourth-order valence-corrected chi connectivity index (χ4v) is 3.67. The Kier molecular flexibility index (Phi) is 7.80. The van der Waals surface area contributed by atoms with Crippen molar-refractivity contribution in [2.75, 3.05) is 11.1 Å². The highest BCUT2D eigenvalue weighted by atomic mass is 79.9. The third-order valence-electron chi connectivity index (χ3n) is 4.30. The van der Waals surface area contributed by atoms with Crippen LogP contribution >= 0.6 is 27.7 Å². The molecule has 3 aromatic rings. The number of rotatable bonds is 8. The van der Waals surface area contributed by atoms with E-state index in [4.69, 9.17) is 0 Å². The lowest BCUT2D eigenvalue weighted by Gasteiger charge is -2.19. The Bertz CT molecular complexity index is 1060. The highest BCUT2D eigenvalue weighted by Crippen LogP contribution is 2.23. The van der Waals surface area contributed by atoms with Gasteiger partial charge < -0.3 is 10.6 Å². The number of H-pyrrole nitrogens is 1. The summed E-state index contributed by atoms with van der Waals surface area (Å²) in [6.07, 6.45) is 0. The predicted octanol–water partition coefficient (Wildman–Crippen LogP) is 4.56. The van der Waals surface area contributed by atoms with E-state index in [-0.39, 0.29) is 35.2 Å².